The average molecular weight is 372 g/mol. The lowest BCUT2D eigenvalue weighted by Crippen LogP contribution is -3.05. The number of hydrogen-bond acceptors (Lipinski definition) is 1. The lowest BCUT2D eigenvalue weighted by molar-refractivity contribution is -0.858. The number of quaternary nitrogens is 1. The van der Waals surface area contributed by atoms with E-state index in [1.54, 1.807) is 4.90 Å². The van der Waals surface area contributed by atoms with Gasteiger partial charge in [-0.1, -0.05) is 122 Å². The molecule has 0 rings (SSSR count). The Morgan fingerprint density at radius 1 is 0.385 bits per heavy atom. The predicted octanol–water partition coefficient (Wildman–Crippen LogP) is 6.78. The Bertz CT molecular complexity index is 230. The van der Waals surface area contributed by atoms with Gasteiger partial charge in [0.25, 0.3) is 0 Å². The topological polar surface area (TPSA) is 34.4 Å². The van der Waals surface area contributed by atoms with Crippen LogP contribution in [0.25, 0.3) is 0 Å². The Labute approximate surface area is 166 Å². The zero-order valence-corrected chi connectivity index (χ0v) is 18.8. The third kappa shape index (κ3) is 26.2. The van der Waals surface area contributed by atoms with Gasteiger partial charge in [-0.15, -0.1) is 0 Å². The monoisotopic (exact) mass is 371 g/mol. The number of unbranched alkanes of at least 4 members (excludes halogenated alkanes) is 19. The molecule has 0 bridgehead atoms. The van der Waals surface area contributed by atoms with Crippen LogP contribution in [-0.4, -0.2) is 26.1 Å². The van der Waals surface area contributed by atoms with Crippen LogP contribution in [0.1, 0.15) is 135 Å². The molecule has 0 aromatic rings. The third-order valence-electron chi connectivity index (χ3n) is 5.53. The summed E-state index contributed by atoms with van der Waals surface area (Å²) in [6.45, 7) is 3.65. The molecule has 0 saturated carbocycles. The van der Waals surface area contributed by atoms with Gasteiger partial charge in [0.2, 0.25) is 0 Å². The minimum atomic E-state index is 0. The van der Waals surface area contributed by atoms with E-state index in [9.17, 15) is 0 Å². The van der Waals surface area contributed by atoms with Crippen LogP contribution < -0.4 is 4.90 Å². The molecule has 0 aliphatic heterocycles. The average Bonchev–Trinajstić information content (AvgIpc) is 2.60. The number of nitrogens with one attached hydrogen (secondary N) is 1. The summed E-state index contributed by atoms with van der Waals surface area (Å²) in [4.78, 5) is 1.60. The lowest BCUT2D eigenvalue weighted by Gasteiger charge is -2.06. The van der Waals surface area contributed by atoms with Crippen molar-refractivity contribution in [3.8, 4) is 0 Å². The summed E-state index contributed by atoms with van der Waals surface area (Å²) in [5.74, 6) is 0. The van der Waals surface area contributed by atoms with Crippen molar-refractivity contribution in [3.63, 3.8) is 0 Å². The van der Waals surface area contributed by atoms with E-state index in [-0.39, 0.29) is 5.48 Å². The van der Waals surface area contributed by atoms with Crippen molar-refractivity contribution in [2.75, 3.05) is 20.6 Å². The lowest BCUT2D eigenvalue weighted by atomic mass is 10.0. The highest BCUT2D eigenvalue weighted by molar-refractivity contribution is 4.50. The van der Waals surface area contributed by atoms with Gasteiger partial charge in [0.05, 0.1) is 20.6 Å². The summed E-state index contributed by atoms with van der Waals surface area (Å²) in [6, 6.07) is 0. The molecule has 0 spiro atoms. The SMILES string of the molecule is CCCCCCCCCCCCCCCCCCCCCC[NH+](C)C.[OH-]. The van der Waals surface area contributed by atoms with Crippen LogP contribution >= 0.6 is 0 Å². The van der Waals surface area contributed by atoms with Crippen LogP contribution in [0.15, 0.2) is 0 Å². The van der Waals surface area contributed by atoms with Crippen LogP contribution in [0.3, 0.4) is 0 Å². The van der Waals surface area contributed by atoms with Gasteiger partial charge in [0.15, 0.2) is 0 Å². The first-order valence-electron chi connectivity index (χ1n) is 12.1. The van der Waals surface area contributed by atoms with Gasteiger partial charge >= 0.3 is 0 Å². The fraction of sp³-hybridized carbons (Fsp3) is 1.00. The smallest absolute Gasteiger partial charge is 0.0766 e. The molecule has 0 unspecified atom stereocenters. The zero-order valence-electron chi connectivity index (χ0n) is 18.8. The summed E-state index contributed by atoms with van der Waals surface area (Å²) < 4.78 is 0. The van der Waals surface area contributed by atoms with Crippen molar-refractivity contribution < 1.29 is 10.4 Å². The second-order valence-corrected chi connectivity index (χ2v) is 8.67. The van der Waals surface area contributed by atoms with E-state index in [1.165, 1.54) is 135 Å². The fourth-order valence-electron chi connectivity index (χ4n) is 3.73. The summed E-state index contributed by atoms with van der Waals surface area (Å²) in [7, 11) is 4.52. The van der Waals surface area contributed by atoms with Gasteiger partial charge in [-0.05, 0) is 12.8 Å². The largest absolute Gasteiger partial charge is 0.870 e. The van der Waals surface area contributed by atoms with Gasteiger partial charge < -0.3 is 10.4 Å². The van der Waals surface area contributed by atoms with Gasteiger partial charge in [-0.25, -0.2) is 0 Å². The van der Waals surface area contributed by atoms with Crippen molar-refractivity contribution in [1.82, 2.24) is 0 Å². The molecule has 0 atom stereocenters. The molecule has 0 saturated heterocycles. The van der Waals surface area contributed by atoms with E-state index in [2.05, 4.69) is 21.0 Å². The second kappa shape index (κ2) is 24.9. The quantitative estimate of drug-likeness (QED) is 0.222. The summed E-state index contributed by atoms with van der Waals surface area (Å²) in [5.41, 5.74) is 0. The van der Waals surface area contributed by atoms with Crippen LogP contribution in [0.5, 0.6) is 0 Å². The van der Waals surface area contributed by atoms with E-state index in [0.29, 0.717) is 0 Å². The van der Waals surface area contributed by atoms with Crippen molar-refractivity contribution in [2.24, 2.45) is 0 Å². The molecule has 2 heteroatoms. The Balaban J connectivity index is 0. The van der Waals surface area contributed by atoms with Gasteiger partial charge in [0.1, 0.15) is 0 Å². The third-order valence-corrected chi connectivity index (χ3v) is 5.53. The Morgan fingerprint density at radius 2 is 0.615 bits per heavy atom. The van der Waals surface area contributed by atoms with Crippen LogP contribution in [-0.2, 0) is 0 Å². The maximum absolute atomic E-state index is 2.30. The van der Waals surface area contributed by atoms with Crippen molar-refractivity contribution >= 4 is 0 Å². The highest BCUT2D eigenvalue weighted by atomic mass is 16.0. The summed E-state index contributed by atoms with van der Waals surface area (Å²) in [5, 5.41) is 0. The minimum Gasteiger partial charge on any atom is -0.870 e. The van der Waals surface area contributed by atoms with Crippen molar-refractivity contribution in [2.45, 2.75) is 135 Å². The van der Waals surface area contributed by atoms with Crippen LogP contribution in [0.2, 0.25) is 0 Å². The Hall–Kier alpha value is -0.0800. The van der Waals surface area contributed by atoms with Crippen molar-refractivity contribution in [1.29, 1.82) is 0 Å². The molecule has 0 radical (unpaired) electrons. The molecule has 26 heavy (non-hydrogen) atoms. The highest BCUT2D eigenvalue weighted by Crippen LogP contribution is 2.14. The molecular formula is C24H53NO. The molecule has 0 aromatic carbocycles. The van der Waals surface area contributed by atoms with Gasteiger partial charge in [0, 0.05) is 0 Å². The second-order valence-electron chi connectivity index (χ2n) is 8.67. The molecule has 0 aliphatic carbocycles. The maximum Gasteiger partial charge on any atom is 0.0766 e. The highest BCUT2D eigenvalue weighted by Gasteiger charge is 1.96. The Kier molecular flexibility index (Phi) is 27.0. The zero-order chi connectivity index (χ0) is 18.4. The predicted molar refractivity (Wildman–Crippen MR) is 118 cm³/mol. The molecule has 2 nitrogen and oxygen atoms in total. The minimum absolute atomic E-state index is 0. The molecule has 0 aliphatic rings. The van der Waals surface area contributed by atoms with E-state index in [0.717, 1.165) is 0 Å². The first-order valence-corrected chi connectivity index (χ1v) is 12.1. The Morgan fingerprint density at radius 3 is 0.846 bits per heavy atom. The molecule has 0 heterocycles. The molecule has 0 amide bonds. The number of rotatable bonds is 21. The normalized spacial score (nSPS) is 11.1. The van der Waals surface area contributed by atoms with E-state index in [4.69, 9.17) is 0 Å². The molecule has 0 aromatic heterocycles. The standard InChI is InChI=1S/C24H51N.H2O/c1-4-5-6-7-8-9-10-11-12-13-14-15-16-17-18-19-20-21-22-23-24-25(2)3;/h4-24H2,1-3H3;1H2. The van der Waals surface area contributed by atoms with E-state index in [1.807, 2.05) is 0 Å². The first kappa shape index (κ1) is 28.1. The molecule has 0 fully saturated rings. The van der Waals surface area contributed by atoms with Crippen molar-refractivity contribution in [3.05, 3.63) is 0 Å². The van der Waals surface area contributed by atoms with Gasteiger partial charge in [-0.2, -0.15) is 0 Å². The van der Waals surface area contributed by atoms with E-state index >= 15 is 0 Å². The number of hydrogen-bond donors (Lipinski definition) is 1. The molecular weight excluding hydrogens is 318 g/mol. The summed E-state index contributed by atoms with van der Waals surface area (Å²) in [6.07, 6.45) is 29.4. The van der Waals surface area contributed by atoms with E-state index < -0.39 is 0 Å². The molecule has 160 valence electrons. The fourth-order valence-corrected chi connectivity index (χ4v) is 3.73. The molecule has 2 N–H and O–H groups in total. The first-order chi connectivity index (χ1) is 12.3. The maximum atomic E-state index is 2.30. The van der Waals surface area contributed by atoms with Crippen LogP contribution in [0, 0.1) is 0 Å². The van der Waals surface area contributed by atoms with Crippen LogP contribution in [0.4, 0.5) is 0 Å². The summed E-state index contributed by atoms with van der Waals surface area (Å²) >= 11 is 0. The van der Waals surface area contributed by atoms with Gasteiger partial charge in [-0.3, -0.25) is 0 Å².